The molecular formula is C28H31N9O2. The van der Waals surface area contributed by atoms with Gasteiger partial charge in [-0.25, -0.2) is 14.8 Å². The van der Waals surface area contributed by atoms with E-state index in [-0.39, 0.29) is 18.1 Å². The monoisotopic (exact) mass is 525 g/mol. The number of hydrogen-bond acceptors (Lipinski definition) is 8. The summed E-state index contributed by atoms with van der Waals surface area (Å²) < 4.78 is 5.47. The third-order valence-corrected chi connectivity index (χ3v) is 7.65. The molecule has 0 radical (unpaired) electrons. The summed E-state index contributed by atoms with van der Waals surface area (Å²) in [5.74, 6) is 2.32. The predicted molar refractivity (Wildman–Crippen MR) is 146 cm³/mol. The molecule has 2 aliphatic carbocycles. The SMILES string of the molecule is N#Cc1ccc2c(c1)C/C(=N/C(=O)NC1CCC(Nc3nccc(Nc4cc(C5CCOC5)[nH]n4)n3)CC1)C2. The van der Waals surface area contributed by atoms with Crippen LogP contribution in [0.1, 0.15) is 60.4 Å². The minimum Gasteiger partial charge on any atom is -0.381 e. The van der Waals surface area contributed by atoms with Crippen LogP contribution in [-0.2, 0) is 17.6 Å². The number of amides is 2. The molecule has 3 aromatic rings. The Labute approximate surface area is 226 Å². The number of nitrogens with one attached hydrogen (secondary N) is 4. The summed E-state index contributed by atoms with van der Waals surface area (Å²) in [6.07, 6.45) is 7.54. The van der Waals surface area contributed by atoms with Crippen molar-refractivity contribution in [1.29, 1.82) is 5.26 Å². The normalized spacial score (nSPS) is 23.3. The fourth-order valence-corrected chi connectivity index (χ4v) is 5.55. The van der Waals surface area contributed by atoms with Crippen LogP contribution < -0.4 is 16.0 Å². The van der Waals surface area contributed by atoms with Gasteiger partial charge in [0.15, 0.2) is 5.82 Å². The molecule has 1 saturated carbocycles. The number of carbonyl (C=O) groups is 1. The molecule has 11 heteroatoms. The molecule has 1 aromatic carbocycles. The van der Waals surface area contributed by atoms with E-state index in [1.807, 2.05) is 30.3 Å². The average molecular weight is 526 g/mol. The van der Waals surface area contributed by atoms with E-state index >= 15 is 0 Å². The van der Waals surface area contributed by atoms with Crippen LogP contribution in [0.4, 0.5) is 22.4 Å². The highest BCUT2D eigenvalue weighted by Gasteiger charge is 2.24. The molecule has 4 N–H and O–H groups in total. The Morgan fingerprint density at radius 1 is 1.05 bits per heavy atom. The first-order chi connectivity index (χ1) is 19.1. The lowest BCUT2D eigenvalue weighted by Gasteiger charge is -2.29. The van der Waals surface area contributed by atoms with Crippen LogP contribution in [0.15, 0.2) is 41.5 Å². The van der Waals surface area contributed by atoms with Crippen molar-refractivity contribution in [3.8, 4) is 6.07 Å². The summed E-state index contributed by atoms with van der Waals surface area (Å²) in [7, 11) is 0. The molecule has 1 aliphatic heterocycles. The Hall–Kier alpha value is -4.30. The number of anilines is 3. The summed E-state index contributed by atoms with van der Waals surface area (Å²) >= 11 is 0. The van der Waals surface area contributed by atoms with E-state index in [1.54, 1.807) is 6.20 Å². The van der Waals surface area contributed by atoms with Gasteiger partial charge in [0.2, 0.25) is 5.95 Å². The van der Waals surface area contributed by atoms with Crippen molar-refractivity contribution in [3.05, 3.63) is 58.9 Å². The Bertz CT molecular complexity index is 1410. The lowest BCUT2D eigenvalue weighted by molar-refractivity contribution is 0.193. The maximum absolute atomic E-state index is 12.6. The van der Waals surface area contributed by atoms with E-state index < -0.39 is 0 Å². The first-order valence-electron chi connectivity index (χ1n) is 13.5. The van der Waals surface area contributed by atoms with Crippen LogP contribution in [0, 0.1) is 11.3 Å². The second-order valence-corrected chi connectivity index (χ2v) is 10.4. The first kappa shape index (κ1) is 25.0. The number of H-pyrrole nitrogens is 1. The largest absolute Gasteiger partial charge is 0.381 e. The number of nitriles is 1. The van der Waals surface area contributed by atoms with Gasteiger partial charge in [-0.2, -0.15) is 15.3 Å². The van der Waals surface area contributed by atoms with Gasteiger partial charge >= 0.3 is 6.03 Å². The maximum atomic E-state index is 12.6. The second kappa shape index (κ2) is 11.2. The summed E-state index contributed by atoms with van der Waals surface area (Å²) in [5.41, 5.74) is 4.78. The van der Waals surface area contributed by atoms with Gasteiger partial charge < -0.3 is 20.7 Å². The molecule has 1 atom stereocenters. The number of fused-ring (bicyclic) bond motifs is 1. The molecule has 1 unspecified atom stereocenters. The third-order valence-electron chi connectivity index (χ3n) is 7.65. The molecule has 3 aliphatic rings. The fourth-order valence-electron chi connectivity index (χ4n) is 5.55. The van der Waals surface area contributed by atoms with Crippen molar-refractivity contribution < 1.29 is 9.53 Å². The van der Waals surface area contributed by atoms with Crippen LogP contribution in [-0.4, -0.2) is 57.2 Å². The van der Waals surface area contributed by atoms with Crippen LogP contribution in [0.2, 0.25) is 0 Å². The van der Waals surface area contributed by atoms with Gasteiger partial charge in [0.05, 0.1) is 18.2 Å². The van der Waals surface area contributed by atoms with Crippen molar-refractivity contribution in [1.82, 2.24) is 25.5 Å². The maximum Gasteiger partial charge on any atom is 0.341 e. The quantitative estimate of drug-likeness (QED) is 0.377. The van der Waals surface area contributed by atoms with Gasteiger partial charge in [0.1, 0.15) is 5.82 Å². The highest BCUT2D eigenvalue weighted by atomic mass is 16.5. The smallest absolute Gasteiger partial charge is 0.341 e. The van der Waals surface area contributed by atoms with Crippen molar-refractivity contribution >= 4 is 29.3 Å². The molecule has 6 rings (SSSR count). The van der Waals surface area contributed by atoms with Crippen LogP contribution in [0.3, 0.4) is 0 Å². The van der Waals surface area contributed by atoms with E-state index in [9.17, 15) is 4.79 Å². The van der Waals surface area contributed by atoms with Gasteiger partial charge in [-0.1, -0.05) is 6.07 Å². The predicted octanol–water partition coefficient (Wildman–Crippen LogP) is 3.99. The number of aromatic amines is 1. The molecule has 39 heavy (non-hydrogen) atoms. The Morgan fingerprint density at radius 3 is 2.72 bits per heavy atom. The molecule has 0 spiro atoms. The van der Waals surface area contributed by atoms with Gasteiger partial charge in [0.25, 0.3) is 0 Å². The summed E-state index contributed by atoms with van der Waals surface area (Å²) in [4.78, 5) is 25.9. The number of carbonyl (C=O) groups excluding carboxylic acids is 1. The zero-order chi connectivity index (χ0) is 26.6. The zero-order valence-electron chi connectivity index (χ0n) is 21.6. The molecular weight excluding hydrogens is 494 g/mol. The molecule has 11 nitrogen and oxygen atoms in total. The van der Waals surface area contributed by atoms with Gasteiger partial charge in [-0.3, -0.25) is 5.10 Å². The number of ether oxygens (including phenoxy) is 1. The van der Waals surface area contributed by atoms with E-state index in [2.05, 4.69) is 47.2 Å². The van der Waals surface area contributed by atoms with E-state index in [1.165, 1.54) is 0 Å². The summed E-state index contributed by atoms with van der Waals surface area (Å²) in [6.45, 7) is 1.51. The lowest BCUT2D eigenvalue weighted by atomic mass is 9.91. The molecule has 2 aromatic heterocycles. The van der Waals surface area contributed by atoms with Gasteiger partial charge in [-0.05, 0) is 61.4 Å². The number of rotatable bonds is 6. The van der Waals surface area contributed by atoms with Crippen molar-refractivity contribution in [2.24, 2.45) is 4.99 Å². The summed E-state index contributed by atoms with van der Waals surface area (Å²) in [6, 6.07) is 11.7. The number of aliphatic imine (C=N–C) groups is 1. The highest BCUT2D eigenvalue weighted by molar-refractivity contribution is 6.00. The lowest BCUT2D eigenvalue weighted by Crippen LogP contribution is -2.39. The Balaban J connectivity index is 0.966. The molecule has 1 saturated heterocycles. The number of urea groups is 1. The molecule has 200 valence electrons. The molecule has 3 heterocycles. The van der Waals surface area contributed by atoms with Crippen LogP contribution in [0.25, 0.3) is 0 Å². The standard InChI is InChI=1S/C28H31N9O2/c29-15-17-1-2-18-12-23(13-20(18)11-17)33-28(38)32-22-5-3-21(4-6-22)31-27-30-9-7-25(35-27)34-26-14-24(36-37-26)19-8-10-39-16-19/h1-2,7,9,11,14,19,21-22H,3-6,8,10,12-13,16H2,(H,32,38)(H3,30,31,34,35,36,37)/b33-23+. The Kier molecular flexibility index (Phi) is 7.19. The minimum absolute atomic E-state index is 0.0990. The fraction of sp³-hybridized carbons (Fsp3) is 0.429. The molecule has 2 fully saturated rings. The molecule has 0 bridgehead atoms. The zero-order valence-corrected chi connectivity index (χ0v) is 21.6. The first-order valence-corrected chi connectivity index (χ1v) is 13.5. The second-order valence-electron chi connectivity index (χ2n) is 10.4. The highest BCUT2D eigenvalue weighted by Crippen LogP contribution is 2.27. The van der Waals surface area contributed by atoms with Crippen molar-refractivity contribution in [3.63, 3.8) is 0 Å². The Morgan fingerprint density at radius 2 is 1.90 bits per heavy atom. The van der Waals surface area contributed by atoms with Crippen molar-refractivity contribution in [2.45, 2.75) is 62.9 Å². The van der Waals surface area contributed by atoms with Gasteiger partial charge in [-0.15, -0.1) is 0 Å². The number of nitrogens with zero attached hydrogens (tertiary/aromatic N) is 5. The van der Waals surface area contributed by atoms with E-state index in [4.69, 9.17) is 10.00 Å². The van der Waals surface area contributed by atoms with E-state index in [0.717, 1.165) is 73.7 Å². The van der Waals surface area contributed by atoms with Crippen LogP contribution >= 0.6 is 0 Å². The summed E-state index contributed by atoms with van der Waals surface area (Å²) in [5, 5.41) is 26.3. The third kappa shape index (κ3) is 6.07. The number of aromatic nitrogens is 4. The average Bonchev–Trinajstić information content (AvgIpc) is 3.70. The topological polar surface area (TPSA) is 153 Å². The van der Waals surface area contributed by atoms with Crippen molar-refractivity contribution in [2.75, 3.05) is 23.8 Å². The van der Waals surface area contributed by atoms with E-state index in [0.29, 0.717) is 36.1 Å². The molecule has 2 amide bonds. The van der Waals surface area contributed by atoms with Gasteiger partial charge in [0, 0.05) is 61.1 Å². The minimum atomic E-state index is -0.279. The number of benzene rings is 1. The number of hydrogen-bond donors (Lipinski definition) is 4. The van der Waals surface area contributed by atoms with Crippen LogP contribution in [0.5, 0.6) is 0 Å².